The quantitative estimate of drug-likeness (QED) is 0.180. The number of aromatic nitrogens is 4. The molecule has 0 aliphatic heterocycles. The Morgan fingerprint density at radius 2 is 1.80 bits per heavy atom. The van der Waals surface area contributed by atoms with E-state index >= 15 is 0 Å². The lowest BCUT2D eigenvalue weighted by molar-refractivity contribution is -0.137. The molecule has 0 saturated carbocycles. The van der Waals surface area contributed by atoms with E-state index < -0.39 is 23.7 Å². The van der Waals surface area contributed by atoms with Crippen LogP contribution < -0.4 is 16.0 Å². The van der Waals surface area contributed by atoms with Crippen LogP contribution in [0.2, 0.25) is 5.02 Å². The van der Waals surface area contributed by atoms with Gasteiger partial charge in [-0.25, -0.2) is 4.98 Å². The molecular formula is C29H29ClF3N7O. The average molecular weight is 584 g/mol. The van der Waals surface area contributed by atoms with Crippen LogP contribution >= 0.6 is 11.6 Å². The van der Waals surface area contributed by atoms with Gasteiger partial charge in [0.15, 0.2) is 0 Å². The van der Waals surface area contributed by atoms with Crippen LogP contribution in [0.1, 0.15) is 30.5 Å². The number of hydrogen-bond acceptors (Lipinski definition) is 6. The van der Waals surface area contributed by atoms with Crippen molar-refractivity contribution in [1.82, 2.24) is 24.8 Å². The Balaban J connectivity index is 1.55. The van der Waals surface area contributed by atoms with Crippen molar-refractivity contribution in [2.45, 2.75) is 39.2 Å². The molecule has 0 fully saturated rings. The first-order chi connectivity index (χ1) is 19.5. The van der Waals surface area contributed by atoms with E-state index in [0.29, 0.717) is 40.3 Å². The molecule has 2 aromatic heterocycles. The van der Waals surface area contributed by atoms with Crippen molar-refractivity contribution in [3.63, 3.8) is 0 Å². The van der Waals surface area contributed by atoms with Crippen LogP contribution in [0.3, 0.4) is 0 Å². The lowest BCUT2D eigenvalue weighted by Gasteiger charge is -2.24. The minimum absolute atomic E-state index is 0.0387. The zero-order chi connectivity index (χ0) is 29.6. The molecule has 4 rings (SSSR count). The van der Waals surface area contributed by atoms with Gasteiger partial charge in [-0.05, 0) is 46.9 Å². The average Bonchev–Trinajstić information content (AvgIpc) is 3.48. The number of carbonyl (C=O) groups excluding carboxylic acids is 1. The summed E-state index contributed by atoms with van der Waals surface area (Å²) in [6.07, 6.45) is 0.509. The standard InChI is InChI=1S/C29H29ClF3N7O/c1-18(2)19(3)26(27(41)35-15-20-7-9-22(10-8-20)29(31,32)33)37-24-14-25(40-12-11-34-17-40)39-28(38-24)36-16-21-5-4-6-23(30)13-21/h4-14,17-18,26H,3,15-16H2,1-2H3,(H,35,41)(H2,36,37,38,39)/t26-/m1/s1. The van der Waals surface area contributed by atoms with Gasteiger partial charge in [-0.3, -0.25) is 9.36 Å². The van der Waals surface area contributed by atoms with Gasteiger partial charge in [-0.2, -0.15) is 23.1 Å². The molecule has 0 saturated heterocycles. The van der Waals surface area contributed by atoms with E-state index in [1.165, 1.54) is 12.1 Å². The molecule has 0 aliphatic carbocycles. The fourth-order valence-corrected chi connectivity index (χ4v) is 4.07. The summed E-state index contributed by atoms with van der Waals surface area (Å²) in [6, 6.07) is 12.8. The Hall–Kier alpha value is -4.38. The summed E-state index contributed by atoms with van der Waals surface area (Å²) in [7, 11) is 0. The lowest BCUT2D eigenvalue weighted by Crippen LogP contribution is -2.41. The second-order valence-electron chi connectivity index (χ2n) is 9.61. The SMILES string of the molecule is C=C(C(C)C)[C@@H](Nc1cc(-n2ccnc2)nc(NCc2cccc(Cl)c2)n1)C(=O)NCc1ccc(C(F)(F)F)cc1. The van der Waals surface area contributed by atoms with Crippen molar-refractivity contribution < 1.29 is 18.0 Å². The van der Waals surface area contributed by atoms with E-state index in [4.69, 9.17) is 11.6 Å². The maximum Gasteiger partial charge on any atom is 0.416 e. The summed E-state index contributed by atoms with van der Waals surface area (Å²) in [5.41, 5.74) is 1.30. The fraction of sp³-hybridized carbons (Fsp3) is 0.241. The number of benzene rings is 2. The smallest absolute Gasteiger partial charge is 0.355 e. The minimum atomic E-state index is -4.43. The normalized spacial score (nSPS) is 12.2. The number of nitrogens with zero attached hydrogens (tertiary/aromatic N) is 4. The number of carbonyl (C=O) groups is 1. The lowest BCUT2D eigenvalue weighted by atomic mass is 9.96. The van der Waals surface area contributed by atoms with E-state index in [1.54, 1.807) is 35.4 Å². The number of amides is 1. The number of rotatable bonds is 11. The number of alkyl halides is 3. The zero-order valence-electron chi connectivity index (χ0n) is 22.4. The van der Waals surface area contributed by atoms with Crippen LogP contribution in [0, 0.1) is 5.92 Å². The van der Waals surface area contributed by atoms with Crippen LogP contribution in [0.4, 0.5) is 24.9 Å². The zero-order valence-corrected chi connectivity index (χ0v) is 23.2. The minimum Gasteiger partial charge on any atom is -0.355 e. The molecule has 4 aromatic rings. The van der Waals surface area contributed by atoms with Crippen LogP contribution in [0.5, 0.6) is 0 Å². The Kier molecular flexibility index (Phi) is 9.28. The molecule has 0 radical (unpaired) electrons. The number of anilines is 2. The van der Waals surface area contributed by atoms with Gasteiger partial charge >= 0.3 is 6.18 Å². The second kappa shape index (κ2) is 12.9. The highest BCUT2D eigenvalue weighted by molar-refractivity contribution is 6.30. The van der Waals surface area contributed by atoms with Gasteiger partial charge in [0.1, 0.15) is 24.0 Å². The number of halogens is 4. The highest BCUT2D eigenvalue weighted by atomic mass is 35.5. The first-order valence-corrected chi connectivity index (χ1v) is 13.1. The number of nitrogens with one attached hydrogen (secondary N) is 3. The summed E-state index contributed by atoms with van der Waals surface area (Å²) in [4.78, 5) is 26.6. The van der Waals surface area contributed by atoms with E-state index in [-0.39, 0.29) is 12.5 Å². The predicted molar refractivity (Wildman–Crippen MR) is 153 cm³/mol. The topological polar surface area (TPSA) is 96.8 Å². The van der Waals surface area contributed by atoms with Crippen molar-refractivity contribution in [2.24, 2.45) is 5.92 Å². The third-order valence-corrected chi connectivity index (χ3v) is 6.47. The molecule has 41 heavy (non-hydrogen) atoms. The first kappa shape index (κ1) is 29.6. The van der Waals surface area contributed by atoms with Gasteiger partial charge < -0.3 is 16.0 Å². The molecule has 1 amide bonds. The summed E-state index contributed by atoms with van der Waals surface area (Å²) < 4.78 is 40.4. The Morgan fingerprint density at radius 3 is 2.44 bits per heavy atom. The van der Waals surface area contributed by atoms with Crippen molar-refractivity contribution in [3.05, 3.63) is 107 Å². The van der Waals surface area contributed by atoms with Gasteiger partial charge in [0.2, 0.25) is 11.9 Å². The van der Waals surface area contributed by atoms with Gasteiger partial charge in [0, 0.05) is 36.6 Å². The molecule has 0 bridgehead atoms. The molecule has 214 valence electrons. The molecule has 0 unspecified atom stereocenters. The molecule has 8 nitrogen and oxygen atoms in total. The van der Waals surface area contributed by atoms with E-state index in [9.17, 15) is 18.0 Å². The van der Waals surface area contributed by atoms with Crippen LogP contribution in [-0.2, 0) is 24.1 Å². The van der Waals surface area contributed by atoms with Gasteiger partial charge in [0.05, 0.1) is 5.56 Å². The summed E-state index contributed by atoms with van der Waals surface area (Å²) in [5.74, 6) is 0.707. The van der Waals surface area contributed by atoms with Crippen LogP contribution in [0.25, 0.3) is 5.82 Å². The third kappa shape index (κ3) is 8.07. The van der Waals surface area contributed by atoms with Crippen LogP contribution in [0.15, 0.2) is 85.5 Å². The molecule has 0 aliphatic rings. The molecule has 2 heterocycles. The Bertz CT molecular complexity index is 1490. The van der Waals surface area contributed by atoms with Crippen LogP contribution in [-0.4, -0.2) is 31.5 Å². The van der Waals surface area contributed by atoms with Gasteiger partial charge in [0.25, 0.3) is 0 Å². The highest BCUT2D eigenvalue weighted by Gasteiger charge is 2.30. The molecule has 1 atom stereocenters. The maximum atomic E-state index is 13.3. The van der Waals surface area contributed by atoms with Gasteiger partial charge in [-0.15, -0.1) is 0 Å². The van der Waals surface area contributed by atoms with Crippen molar-refractivity contribution in [1.29, 1.82) is 0 Å². The summed E-state index contributed by atoms with van der Waals surface area (Å²) in [5, 5.41) is 9.76. The monoisotopic (exact) mass is 583 g/mol. The molecule has 2 aromatic carbocycles. The third-order valence-electron chi connectivity index (χ3n) is 6.24. The molecule has 0 spiro atoms. The number of hydrogen-bond donors (Lipinski definition) is 3. The second-order valence-corrected chi connectivity index (χ2v) is 10.0. The fourth-order valence-electron chi connectivity index (χ4n) is 3.85. The van der Waals surface area contributed by atoms with E-state index in [1.807, 2.05) is 32.0 Å². The Morgan fingerprint density at radius 1 is 1.05 bits per heavy atom. The number of imidazole rings is 1. The Labute approximate surface area is 240 Å². The predicted octanol–water partition coefficient (Wildman–Crippen LogP) is 6.26. The van der Waals surface area contributed by atoms with Gasteiger partial charge in [-0.1, -0.05) is 56.3 Å². The largest absolute Gasteiger partial charge is 0.416 e. The molecule has 12 heteroatoms. The van der Waals surface area contributed by atoms with E-state index in [0.717, 1.165) is 17.7 Å². The van der Waals surface area contributed by atoms with E-state index in [2.05, 4.69) is 37.5 Å². The summed E-state index contributed by atoms with van der Waals surface area (Å²) >= 11 is 6.11. The highest BCUT2D eigenvalue weighted by Crippen LogP contribution is 2.29. The first-order valence-electron chi connectivity index (χ1n) is 12.7. The van der Waals surface area contributed by atoms with Crippen molar-refractivity contribution >= 4 is 29.3 Å². The molecule has 3 N–H and O–H groups in total. The van der Waals surface area contributed by atoms with Crippen molar-refractivity contribution in [2.75, 3.05) is 10.6 Å². The maximum absolute atomic E-state index is 13.3. The van der Waals surface area contributed by atoms with Crippen molar-refractivity contribution in [3.8, 4) is 5.82 Å². The molecular weight excluding hydrogens is 555 g/mol. The summed E-state index contributed by atoms with van der Waals surface area (Å²) in [6.45, 7) is 8.38.